The maximum absolute atomic E-state index is 8.30. The van der Waals surface area contributed by atoms with Crippen molar-refractivity contribution in [1.82, 2.24) is 9.88 Å². The molecule has 0 radical (unpaired) electrons. The Balaban J connectivity index is 1.98. The summed E-state index contributed by atoms with van der Waals surface area (Å²) < 4.78 is 0. The lowest BCUT2D eigenvalue weighted by Gasteiger charge is -2.27. The van der Waals surface area contributed by atoms with Crippen LogP contribution >= 0.6 is 0 Å². The van der Waals surface area contributed by atoms with E-state index in [1.807, 2.05) is 24.5 Å². The summed E-state index contributed by atoms with van der Waals surface area (Å²) in [7, 11) is 0. The first-order valence-corrected chi connectivity index (χ1v) is 6.53. The SMILES string of the molecule is CCN(Cc1ccncc1)C(=N)C1CCCC1. The fourth-order valence-corrected chi connectivity index (χ4v) is 2.53. The summed E-state index contributed by atoms with van der Waals surface area (Å²) >= 11 is 0. The third kappa shape index (κ3) is 3.05. The van der Waals surface area contributed by atoms with Gasteiger partial charge in [0.15, 0.2) is 0 Å². The van der Waals surface area contributed by atoms with Crippen LogP contribution in [0.1, 0.15) is 38.2 Å². The smallest absolute Gasteiger partial charge is 0.0992 e. The van der Waals surface area contributed by atoms with E-state index >= 15 is 0 Å². The molecule has 17 heavy (non-hydrogen) atoms. The average Bonchev–Trinajstić information content (AvgIpc) is 2.90. The number of aromatic nitrogens is 1. The molecule has 0 bridgehead atoms. The van der Waals surface area contributed by atoms with E-state index in [1.54, 1.807) is 0 Å². The lowest BCUT2D eigenvalue weighted by atomic mass is 10.1. The molecule has 2 rings (SSSR count). The van der Waals surface area contributed by atoms with Gasteiger partial charge in [0.25, 0.3) is 0 Å². The van der Waals surface area contributed by atoms with Crippen LogP contribution in [-0.2, 0) is 6.54 Å². The Morgan fingerprint density at radius 3 is 2.59 bits per heavy atom. The normalized spacial score (nSPS) is 16.1. The van der Waals surface area contributed by atoms with Crippen LogP contribution in [0.5, 0.6) is 0 Å². The van der Waals surface area contributed by atoms with Crippen molar-refractivity contribution in [2.45, 2.75) is 39.2 Å². The van der Waals surface area contributed by atoms with E-state index in [0.717, 1.165) is 18.9 Å². The molecule has 1 aromatic rings. The summed E-state index contributed by atoms with van der Waals surface area (Å²) in [6, 6.07) is 4.06. The van der Waals surface area contributed by atoms with Crippen molar-refractivity contribution in [2.24, 2.45) is 5.92 Å². The van der Waals surface area contributed by atoms with Crippen molar-refractivity contribution in [3.63, 3.8) is 0 Å². The quantitative estimate of drug-likeness (QED) is 0.639. The van der Waals surface area contributed by atoms with Gasteiger partial charge in [0.1, 0.15) is 0 Å². The van der Waals surface area contributed by atoms with Crippen molar-refractivity contribution in [1.29, 1.82) is 5.41 Å². The Labute approximate surface area is 103 Å². The van der Waals surface area contributed by atoms with Crippen LogP contribution in [0.15, 0.2) is 24.5 Å². The maximum Gasteiger partial charge on any atom is 0.0992 e. The molecule has 1 N–H and O–H groups in total. The molecule has 3 heteroatoms. The minimum absolute atomic E-state index is 0.497. The van der Waals surface area contributed by atoms with Crippen LogP contribution in [0.25, 0.3) is 0 Å². The minimum Gasteiger partial charge on any atom is -0.356 e. The van der Waals surface area contributed by atoms with Crippen molar-refractivity contribution in [3.8, 4) is 0 Å². The number of nitrogens with zero attached hydrogens (tertiary/aromatic N) is 2. The third-order valence-electron chi connectivity index (χ3n) is 3.59. The summed E-state index contributed by atoms with van der Waals surface area (Å²) in [4.78, 5) is 6.21. The maximum atomic E-state index is 8.30. The van der Waals surface area contributed by atoms with Gasteiger partial charge in [0.05, 0.1) is 5.84 Å². The summed E-state index contributed by atoms with van der Waals surface area (Å²) in [6.07, 6.45) is 8.63. The van der Waals surface area contributed by atoms with Gasteiger partial charge in [-0.05, 0) is 37.5 Å². The summed E-state index contributed by atoms with van der Waals surface area (Å²) in [5, 5.41) is 8.30. The number of amidine groups is 1. The number of pyridine rings is 1. The van der Waals surface area contributed by atoms with Crippen molar-refractivity contribution >= 4 is 5.84 Å². The molecule has 1 aliphatic carbocycles. The van der Waals surface area contributed by atoms with Crippen molar-refractivity contribution < 1.29 is 0 Å². The lowest BCUT2D eigenvalue weighted by molar-refractivity contribution is 0.401. The predicted molar refractivity (Wildman–Crippen MR) is 70.0 cm³/mol. The van der Waals surface area contributed by atoms with E-state index in [4.69, 9.17) is 5.41 Å². The Morgan fingerprint density at radius 1 is 1.35 bits per heavy atom. The second-order valence-corrected chi connectivity index (χ2v) is 4.74. The predicted octanol–water partition coefficient (Wildman–Crippen LogP) is 3.07. The lowest BCUT2D eigenvalue weighted by Crippen LogP contribution is -2.34. The molecule has 1 fully saturated rings. The number of nitrogens with one attached hydrogen (secondary N) is 1. The van der Waals surface area contributed by atoms with Crippen LogP contribution in [0.2, 0.25) is 0 Å². The molecule has 3 nitrogen and oxygen atoms in total. The molecule has 0 unspecified atom stereocenters. The fourth-order valence-electron chi connectivity index (χ4n) is 2.53. The molecule has 1 heterocycles. The molecular weight excluding hydrogens is 210 g/mol. The molecule has 0 spiro atoms. The molecule has 1 aromatic heterocycles. The van der Waals surface area contributed by atoms with E-state index in [1.165, 1.54) is 31.2 Å². The second kappa shape index (κ2) is 5.80. The second-order valence-electron chi connectivity index (χ2n) is 4.74. The van der Waals surface area contributed by atoms with Gasteiger partial charge in [0, 0.05) is 31.4 Å². The van der Waals surface area contributed by atoms with E-state index < -0.39 is 0 Å². The summed E-state index contributed by atoms with van der Waals surface area (Å²) in [5.74, 6) is 1.33. The number of hydrogen-bond donors (Lipinski definition) is 1. The highest BCUT2D eigenvalue weighted by molar-refractivity contribution is 5.81. The summed E-state index contributed by atoms with van der Waals surface area (Å²) in [6.45, 7) is 3.89. The highest BCUT2D eigenvalue weighted by atomic mass is 15.2. The van der Waals surface area contributed by atoms with E-state index in [0.29, 0.717) is 5.92 Å². The molecule has 0 atom stereocenters. The average molecular weight is 231 g/mol. The molecule has 0 aromatic carbocycles. The largest absolute Gasteiger partial charge is 0.356 e. The highest BCUT2D eigenvalue weighted by Crippen LogP contribution is 2.27. The molecule has 0 aliphatic heterocycles. The Kier molecular flexibility index (Phi) is 4.13. The standard InChI is InChI=1S/C14H21N3/c1-2-17(11-12-7-9-16-10-8-12)14(15)13-5-3-4-6-13/h7-10,13,15H,2-6,11H2,1H3. The molecule has 1 aliphatic rings. The zero-order chi connectivity index (χ0) is 12.1. The Hall–Kier alpha value is -1.38. The van der Waals surface area contributed by atoms with Gasteiger partial charge in [-0.2, -0.15) is 0 Å². The van der Waals surface area contributed by atoms with Gasteiger partial charge in [0.2, 0.25) is 0 Å². The first kappa shape index (κ1) is 12.1. The zero-order valence-electron chi connectivity index (χ0n) is 10.5. The van der Waals surface area contributed by atoms with E-state index in [-0.39, 0.29) is 0 Å². The monoisotopic (exact) mass is 231 g/mol. The van der Waals surface area contributed by atoms with Gasteiger partial charge in [-0.25, -0.2) is 0 Å². The third-order valence-corrected chi connectivity index (χ3v) is 3.59. The summed E-state index contributed by atoms with van der Waals surface area (Å²) in [5.41, 5.74) is 1.24. The van der Waals surface area contributed by atoms with Crippen molar-refractivity contribution in [2.75, 3.05) is 6.54 Å². The van der Waals surface area contributed by atoms with Gasteiger partial charge in [-0.1, -0.05) is 12.8 Å². The minimum atomic E-state index is 0.497. The number of rotatable bonds is 4. The Bertz CT molecular complexity index is 355. The first-order valence-electron chi connectivity index (χ1n) is 6.53. The molecule has 0 amide bonds. The van der Waals surface area contributed by atoms with Crippen LogP contribution in [0.4, 0.5) is 0 Å². The van der Waals surface area contributed by atoms with Crippen LogP contribution in [-0.4, -0.2) is 22.3 Å². The first-order chi connectivity index (χ1) is 8.31. The molecule has 1 saturated carbocycles. The van der Waals surface area contributed by atoms with Gasteiger partial charge in [-0.15, -0.1) is 0 Å². The van der Waals surface area contributed by atoms with Gasteiger partial charge >= 0.3 is 0 Å². The van der Waals surface area contributed by atoms with Crippen LogP contribution in [0, 0.1) is 11.3 Å². The highest BCUT2D eigenvalue weighted by Gasteiger charge is 2.23. The Morgan fingerprint density at radius 2 is 2.00 bits per heavy atom. The zero-order valence-corrected chi connectivity index (χ0v) is 10.5. The van der Waals surface area contributed by atoms with E-state index in [2.05, 4.69) is 16.8 Å². The fraction of sp³-hybridized carbons (Fsp3) is 0.571. The number of hydrogen-bond acceptors (Lipinski definition) is 2. The van der Waals surface area contributed by atoms with Gasteiger partial charge in [-0.3, -0.25) is 10.4 Å². The molecule has 0 saturated heterocycles. The van der Waals surface area contributed by atoms with Crippen molar-refractivity contribution in [3.05, 3.63) is 30.1 Å². The molecule has 92 valence electrons. The van der Waals surface area contributed by atoms with Gasteiger partial charge < -0.3 is 4.90 Å². The van der Waals surface area contributed by atoms with E-state index in [9.17, 15) is 0 Å². The van der Waals surface area contributed by atoms with Crippen LogP contribution in [0.3, 0.4) is 0 Å². The topological polar surface area (TPSA) is 40.0 Å². The molecular formula is C14H21N3. The van der Waals surface area contributed by atoms with Crippen LogP contribution < -0.4 is 0 Å².